The number of nitrogens with one attached hydrogen (secondary N) is 1. The van der Waals surface area contributed by atoms with E-state index in [-0.39, 0.29) is 5.95 Å². The van der Waals surface area contributed by atoms with Crippen molar-refractivity contribution in [1.29, 1.82) is 0 Å². The summed E-state index contributed by atoms with van der Waals surface area (Å²) in [5.41, 5.74) is -1.30. The second-order valence-corrected chi connectivity index (χ2v) is 8.98. The van der Waals surface area contributed by atoms with Crippen LogP contribution in [0.15, 0.2) is 39.6 Å². The second-order valence-electron chi connectivity index (χ2n) is 8.07. The lowest BCUT2D eigenvalue weighted by atomic mass is 9.92. The number of hydrogen-bond donors (Lipinski definition) is 2. The summed E-state index contributed by atoms with van der Waals surface area (Å²) in [7, 11) is 1.47. The summed E-state index contributed by atoms with van der Waals surface area (Å²) in [5.74, 6) is -1.45. The molecule has 1 aliphatic carbocycles. The third-order valence-electron chi connectivity index (χ3n) is 4.83. The smallest absolute Gasteiger partial charge is 0.414 e. The molecule has 2 atom stereocenters. The van der Waals surface area contributed by atoms with Crippen LogP contribution < -0.4 is 10.9 Å². The Labute approximate surface area is 176 Å². The molecular weight excluding hydrogens is 442 g/mol. The number of anilines is 1. The van der Waals surface area contributed by atoms with Crippen molar-refractivity contribution < 1.29 is 19.4 Å². The minimum absolute atomic E-state index is 0.00347. The first-order chi connectivity index (χ1) is 13.4. The molecule has 1 heterocycles. The van der Waals surface area contributed by atoms with Crippen molar-refractivity contribution in [2.24, 2.45) is 7.05 Å². The molecule has 154 valence electrons. The van der Waals surface area contributed by atoms with Crippen molar-refractivity contribution in [3.8, 4) is 0 Å². The summed E-state index contributed by atoms with van der Waals surface area (Å²) in [6.07, 6.45) is -0.430. The zero-order valence-corrected chi connectivity index (χ0v) is 18.1. The molecule has 3 rings (SSSR count). The van der Waals surface area contributed by atoms with Crippen LogP contribution in [-0.4, -0.2) is 32.3 Å². The van der Waals surface area contributed by atoms with Gasteiger partial charge in [0.05, 0.1) is 5.69 Å². The van der Waals surface area contributed by atoms with Crippen molar-refractivity contribution in [2.75, 3.05) is 5.32 Å². The lowest BCUT2D eigenvalue weighted by molar-refractivity contribution is -0.140. The van der Waals surface area contributed by atoms with Gasteiger partial charge in [-0.2, -0.15) is 0 Å². The molecule has 1 fully saturated rings. The van der Waals surface area contributed by atoms with E-state index in [1.807, 2.05) is 0 Å². The molecule has 8 nitrogen and oxygen atoms in total. The van der Waals surface area contributed by atoms with Gasteiger partial charge in [0.1, 0.15) is 11.0 Å². The maximum absolute atomic E-state index is 12.4. The molecule has 2 aromatic rings. The van der Waals surface area contributed by atoms with E-state index in [9.17, 15) is 19.5 Å². The van der Waals surface area contributed by atoms with Gasteiger partial charge >= 0.3 is 12.1 Å². The number of carboxylic acid groups (broad SMARTS) is 1. The topological polar surface area (TPSA) is 111 Å². The van der Waals surface area contributed by atoms with Gasteiger partial charge < -0.3 is 9.84 Å². The standard InChI is InChI=1S/C20H22BrN3O5/c1-19(2,3)29-18(28)23-17-22-14(9-15(25)24(17)4)13-10-20(13,16(26)27)11-5-7-12(21)8-6-11/h5-9,13H,10H2,1-4H3,(H,26,27)(H,22,23,28)/t13-,20+/m1/s1. The van der Waals surface area contributed by atoms with Crippen LogP contribution in [0.2, 0.25) is 0 Å². The zero-order chi connectivity index (χ0) is 21.6. The van der Waals surface area contributed by atoms with Gasteiger partial charge in [-0.3, -0.25) is 19.5 Å². The lowest BCUT2D eigenvalue weighted by Crippen LogP contribution is -2.31. The fourth-order valence-corrected chi connectivity index (χ4v) is 3.55. The van der Waals surface area contributed by atoms with Crippen LogP contribution in [0, 0.1) is 0 Å². The number of carboxylic acids is 1. The largest absolute Gasteiger partial charge is 0.481 e. The number of halogens is 1. The van der Waals surface area contributed by atoms with E-state index in [2.05, 4.69) is 26.2 Å². The predicted octanol–water partition coefficient (Wildman–Crippen LogP) is 3.40. The lowest BCUT2D eigenvalue weighted by Gasteiger charge is -2.20. The Kier molecular flexibility index (Phi) is 5.29. The number of carbonyl (C=O) groups excluding carboxylic acids is 1. The van der Waals surface area contributed by atoms with Crippen LogP contribution in [0.5, 0.6) is 0 Å². The van der Waals surface area contributed by atoms with Crippen molar-refractivity contribution in [1.82, 2.24) is 9.55 Å². The molecule has 29 heavy (non-hydrogen) atoms. The molecule has 1 aliphatic rings. The normalized spacial score (nSPS) is 20.8. The SMILES string of the molecule is Cn1c(NC(=O)OC(C)(C)C)nc([C@H]2C[C@]2(C(=O)O)c2ccc(Br)cc2)cc1=O. The van der Waals surface area contributed by atoms with E-state index >= 15 is 0 Å². The van der Waals surface area contributed by atoms with Crippen molar-refractivity contribution in [3.63, 3.8) is 0 Å². The Bertz CT molecular complexity index is 1030. The van der Waals surface area contributed by atoms with Crippen LogP contribution in [0.3, 0.4) is 0 Å². The van der Waals surface area contributed by atoms with Gasteiger partial charge in [0.15, 0.2) is 0 Å². The van der Waals surface area contributed by atoms with Crippen molar-refractivity contribution in [3.05, 3.63) is 56.4 Å². The van der Waals surface area contributed by atoms with Gasteiger partial charge in [0.2, 0.25) is 5.95 Å². The highest BCUT2D eigenvalue weighted by Crippen LogP contribution is 2.60. The number of hydrogen-bond acceptors (Lipinski definition) is 5. The summed E-state index contributed by atoms with van der Waals surface area (Å²) < 4.78 is 7.23. The number of benzene rings is 1. The van der Waals surface area contributed by atoms with Crippen LogP contribution in [0.1, 0.15) is 44.4 Å². The fraction of sp³-hybridized carbons (Fsp3) is 0.400. The van der Waals surface area contributed by atoms with E-state index in [0.29, 0.717) is 17.7 Å². The van der Waals surface area contributed by atoms with Crippen LogP contribution in [0.4, 0.5) is 10.7 Å². The molecule has 9 heteroatoms. The third-order valence-corrected chi connectivity index (χ3v) is 5.35. The molecule has 0 unspecified atom stereocenters. The summed E-state index contributed by atoms with van der Waals surface area (Å²) >= 11 is 3.34. The van der Waals surface area contributed by atoms with Crippen LogP contribution in [-0.2, 0) is 22.0 Å². The molecule has 0 saturated heterocycles. The molecule has 0 spiro atoms. The minimum Gasteiger partial charge on any atom is -0.481 e. The highest BCUT2D eigenvalue weighted by molar-refractivity contribution is 9.10. The quantitative estimate of drug-likeness (QED) is 0.718. The molecule has 1 amide bonds. The number of aromatic nitrogens is 2. The number of amides is 1. The van der Waals surface area contributed by atoms with Crippen LogP contribution in [0.25, 0.3) is 0 Å². The monoisotopic (exact) mass is 463 g/mol. The first-order valence-electron chi connectivity index (χ1n) is 9.01. The Morgan fingerprint density at radius 2 is 1.93 bits per heavy atom. The first kappa shape index (κ1) is 21.0. The molecular formula is C20H22BrN3O5. The van der Waals surface area contributed by atoms with E-state index < -0.39 is 34.6 Å². The van der Waals surface area contributed by atoms with Gasteiger partial charge in [0, 0.05) is 23.5 Å². The average molecular weight is 464 g/mol. The summed E-state index contributed by atoms with van der Waals surface area (Å²) in [6.45, 7) is 5.16. The summed E-state index contributed by atoms with van der Waals surface area (Å²) in [6, 6.07) is 8.37. The van der Waals surface area contributed by atoms with Crippen molar-refractivity contribution in [2.45, 2.75) is 44.1 Å². The zero-order valence-electron chi connectivity index (χ0n) is 16.5. The van der Waals surface area contributed by atoms with Gasteiger partial charge in [-0.25, -0.2) is 9.78 Å². The number of nitrogens with zero attached hydrogens (tertiary/aromatic N) is 2. The fourth-order valence-electron chi connectivity index (χ4n) is 3.29. The molecule has 0 radical (unpaired) electrons. The number of rotatable bonds is 4. The maximum Gasteiger partial charge on any atom is 0.414 e. The molecule has 1 saturated carbocycles. The molecule has 2 N–H and O–H groups in total. The number of carbonyl (C=O) groups is 2. The summed E-state index contributed by atoms with van der Waals surface area (Å²) in [4.78, 5) is 41.0. The first-order valence-corrected chi connectivity index (χ1v) is 9.81. The van der Waals surface area contributed by atoms with Gasteiger partial charge in [-0.1, -0.05) is 28.1 Å². The molecule has 1 aromatic carbocycles. The Hall–Kier alpha value is -2.68. The minimum atomic E-state index is -1.15. The van der Waals surface area contributed by atoms with E-state index in [1.165, 1.54) is 17.7 Å². The highest BCUT2D eigenvalue weighted by atomic mass is 79.9. The van der Waals surface area contributed by atoms with E-state index in [4.69, 9.17) is 4.74 Å². The number of ether oxygens (including phenoxy) is 1. The Balaban J connectivity index is 1.94. The molecule has 1 aromatic heterocycles. The van der Waals surface area contributed by atoms with Gasteiger partial charge in [-0.15, -0.1) is 0 Å². The molecule has 0 aliphatic heterocycles. The van der Waals surface area contributed by atoms with Gasteiger partial charge in [0.25, 0.3) is 5.56 Å². The molecule has 0 bridgehead atoms. The van der Waals surface area contributed by atoms with E-state index in [1.54, 1.807) is 45.0 Å². The van der Waals surface area contributed by atoms with Crippen LogP contribution >= 0.6 is 15.9 Å². The summed E-state index contributed by atoms with van der Waals surface area (Å²) in [5, 5.41) is 12.4. The Morgan fingerprint density at radius 3 is 2.48 bits per heavy atom. The number of aliphatic carboxylic acids is 1. The van der Waals surface area contributed by atoms with Gasteiger partial charge in [-0.05, 0) is 44.9 Å². The average Bonchev–Trinajstić information content (AvgIpc) is 3.35. The Morgan fingerprint density at radius 1 is 1.31 bits per heavy atom. The third kappa shape index (κ3) is 4.19. The van der Waals surface area contributed by atoms with Crippen molar-refractivity contribution >= 4 is 33.9 Å². The maximum atomic E-state index is 12.4. The second kappa shape index (κ2) is 7.29. The predicted molar refractivity (Wildman–Crippen MR) is 110 cm³/mol. The van der Waals surface area contributed by atoms with E-state index in [0.717, 1.165) is 4.47 Å². The highest BCUT2D eigenvalue weighted by Gasteiger charge is 2.63.